The summed E-state index contributed by atoms with van der Waals surface area (Å²) in [5.41, 5.74) is 3.82. The van der Waals surface area contributed by atoms with Crippen LogP contribution >= 0.6 is 0 Å². The lowest BCUT2D eigenvalue weighted by Crippen LogP contribution is -2.73. The molecule has 0 bridgehead atoms. The number of hydrogen-bond acceptors (Lipinski definition) is 0. The maximum atomic E-state index is 4.45. The van der Waals surface area contributed by atoms with Crippen LogP contribution in [0.25, 0.3) is 10.8 Å². The van der Waals surface area contributed by atoms with E-state index < -0.39 is 0 Å². The molecular weight excluding hydrogens is 290 g/mol. The Hall–Kier alpha value is -1.86. The van der Waals surface area contributed by atoms with Crippen LogP contribution in [0.1, 0.15) is 45.1 Å². The van der Waals surface area contributed by atoms with Crippen LogP contribution in [-0.4, -0.2) is 7.05 Å². The zero-order valence-electron chi connectivity index (χ0n) is 15.3. The van der Waals surface area contributed by atoms with Gasteiger partial charge in [0.25, 0.3) is 0 Å². The lowest BCUT2D eigenvalue weighted by molar-refractivity contribution is -0.540. The van der Waals surface area contributed by atoms with E-state index in [2.05, 4.69) is 81.3 Å². The van der Waals surface area contributed by atoms with E-state index in [1.54, 1.807) is 0 Å². The zero-order chi connectivity index (χ0) is 17.2. The van der Waals surface area contributed by atoms with Gasteiger partial charge in [-0.1, -0.05) is 69.7 Å². The Bertz CT molecular complexity index is 761. The molecule has 1 fully saturated rings. The van der Waals surface area contributed by atoms with Crippen molar-refractivity contribution in [1.29, 1.82) is 0 Å². The maximum Gasteiger partial charge on any atom is 0.134 e. The molecule has 0 saturated heterocycles. The molecule has 1 aliphatic carbocycles. The van der Waals surface area contributed by atoms with E-state index in [1.165, 1.54) is 53.3 Å². The summed E-state index contributed by atoms with van der Waals surface area (Å²) in [6.07, 6.45) is 10.1. The molecule has 3 rings (SSSR count). The summed E-state index contributed by atoms with van der Waals surface area (Å²) >= 11 is 0. The molecule has 0 unspecified atom stereocenters. The zero-order valence-corrected chi connectivity index (χ0v) is 15.3. The SMILES string of the molecule is C=C(/C=C/C1CCCC1)C(C)(C)c1c([NH2+]C)ccc2ccccc12. The average molecular weight is 321 g/mol. The summed E-state index contributed by atoms with van der Waals surface area (Å²) in [5.74, 6) is 0.752. The van der Waals surface area contributed by atoms with Gasteiger partial charge in [-0.3, -0.25) is 0 Å². The molecule has 1 heteroatoms. The van der Waals surface area contributed by atoms with Crippen molar-refractivity contribution in [2.45, 2.75) is 44.9 Å². The number of allylic oxidation sites excluding steroid dienone is 3. The van der Waals surface area contributed by atoms with Crippen molar-refractivity contribution in [2.75, 3.05) is 7.05 Å². The minimum atomic E-state index is -0.0855. The van der Waals surface area contributed by atoms with Crippen LogP contribution in [0, 0.1) is 5.92 Å². The maximum absolute atomic E-state index is 4.45. The molecule has 0 amide bonds. The fraction of sp³-hybridized carbons (Fsp3) is 0.391. The Kier molecular flexibility index (Phi) is 4.91. The van der Waals surface area contributed by atoms with Crippen LogP contribution in [0.5, 0.6) is 0 Å². The first-order chi connectivity index (χ1) is 11.5. The minimum Gasteiger partial charge on any atom is -0.316 e. The molecule has 24 heavy (non-hydrogen) atoms. The highest BCUT2D eigenvalue weighted by molar-refractivity contribution is 5.90. The van der Waals surface area contributed by atoms with Gasteiger partial charge in [-0.2, -0.15) is 0 Å². The van der Waals surface area contributed by atoms with Crippen LogP contribution < -0.4 is 5.32 Å². The molecule has 2 N–H and O–H groups in total. The van der Waals surface area contributed by atoms with Crippen LogP contribution in [-0.2, 0) is 5.41 Å². The normalized spacial score (nSPS) is 16.3. The Morgan fingerprint density at radius 2 is 1.83 bits per heavy atom. The molecule has 2 aromatic rings. The number of fused-ring (bicyclic) bond motifs is 1. The predicted molar refractivity (Wildman–Crippen MR) is 105 cm³/mol. The quantitative estimate of drug-likeness (QED) is 0.573. The van der Waals surface area contributed by atoms with E-state index in [0.717, 1.165) is 5.92 Å². The number of benzene rings is 2. The average Bonchev–Trinajstić information content (AvgIpc) is 3.11. The van der Waals surface area contributed by atoms with Crippen molar-refractivity contribution < 1.29 is 5.32 Å². The minimum absolute atomic E-state index is 0.0855. The predicted octanol–water partition coefficient (Wildman–Crippen LogP) is 5.24. The second-order valence-electron chi connectivity index (χ2n) is 7.59. The van der Waals surface area contributed by atoms with Crippen molar-refractivity contribution in [2.24, 2.45) is 5.92 Å². The molecular formula is C23H30N+. The summed E-state index contributed by atoms with van der Waals surface area (Å²) in [6.45, 7) is 9.06. The summed E-state index contributed by atoms with van der Waals surface area (Å²) in [6, 6.07) is 13.2. The fourth-order valence-corrected chi connectivity index (χ4v) is 4.00. The third-order valence-corrected chi connectivity index (χ3v) is 5.67. The molecule has 1 saturated carbocycles. The van der Waals surface area contributed by atoms with Crippen molar-refractivity contribution in [3.63, 3.8) is 0 Å². The Labute approximate surface area is 146 Å². The van der Waals surface area contributed by atoms with Crippen LogP contribution in [0.2, 0.25) is 0 Å². The monoisotopic (exact) mass is 320 g/mol. The molecule has 1 aliphatic rings. The van der Waals surface area contributed by atoms with Gasteiger partial charge in [0.2, 0.25) is 0 Å². The van der Waals surface area contributed by atoms with Gasteiger partial charge in [-0.05, 0) is 47.2 Å². The molecule has 126 valence electrons. The Balaban J connectivity index is 2.01. The van der Waals surface area contributed by atoms with Crippen LogP contribution in [0.3, 0.4) is 0 Å². The Morgan fingerprint density at radius 1 is 1.12 bits per heavy atom. The van der Waals surface area contributed by atoms with Gasteiger partial charge in [0.1, 0.15) is 5.69 Å². The van der Waals surface area contributed by atoms with Gasteiger partial charge in [0.05, 0.1) is 7.05 Å². The number of nitrogens with two attached hydrogens (primary N) is 1. The van der Waals surface area contributed by atoms with Crippen molar-refractivity contribution >= 4 is 16.5 Å². The first kappa shape index (κ1) is 17.0. The smallest absolute Gasteiger partial charge is 0.134 e. The molecule has 1 nitrogen and oxygen atoms in total. The molecule has 0 aromatic heterocycles. The second kappa shape index (κ2) is 6.94. The molecule has 0 radical (unpaired) electrons. The molecule has 0 spiro atoms. The van der Waals surface area contributed by atoms with Crippen LogP contribution in [0.15, 0.2) is 60.7 Å². The van der Waals surface area contributed by atoms with E-state index in [1.807, 2.05) is 0 Å². The van der Waals surface area contributed by atoms with Gasteiger partial charge >= 0.3 is 0 Å². The van der Waals surface area contributed by atoms with Crippen molar-refractivity contribution in [3.8, 4) is 0 Å². The first-order valence-corrected chi connectivity index (χ1v) is 9.23. The third kappa shape index (κ3) is 3.18. The second-order valence-corrected chi connectivity index (χ2v) is 7.59. The number of hydrogen-bond donors (Lipinski definition) is 1. The van der Waals surface area contributed by atoms with Gasteiger partial charge in [0, 0.05) is 11.0 Å². The largest absolute Gasteiger partial charge is 0.316 e. The lowest BCUT2D eigenvalue weighted by atomic mass is 9.75. The third-order valence-electron chi connectivity index (χ3n) is 5.67. The van der Waals surface area contributed by atoms with Crippen molar-refractivity contribution in [1.82, 2.24) is 0 Å². The molecule has 2 aromatic carbocycles. The van der Waals surface area contributed by atoms with Gasteiger partial charge in [-0.15, -0.1) is 0 Å². The molecule has 0 aliphatic heterocycles. The highest BCUT2D eigenvalue weighted by atomic mass is 14.8. The fourth-order valence-electron chi connectivity index (χ4n) is 4.00. The van der Waals surface area contributed by atoms with E-state index >= 15 is 0 Å². The van der Waals surface area contributed by atoms with Gasteiger partial charge < -0.3 is 5.32 Å². The van der Waals surface area contributed by atoms with Gasteiger partial charge in [0.15, 0.2) is 0 Å². The standard InChI is InChI=1S/C23H29N/c1-17(13-14-18-9-5-6-10-18)23(2,3)22-20-12-8-7-11-19(20)15-16-21(22)24-4/h7-8,11-16,18,24H,1,5-6,9-10H2,2-4H3/p+1/b14-13+. The van der Waals surface area contributed by atoms with Crippen LogP contribution in [0.4, 0.5) is 5.69 Å². The summed E-state index contributed by atoms with van der Waals surface area (Å²) < 4.78 is 0. The van der Waals surface area contributed by atoms with E-state index in [9.17, 15) is 0 Å². The summed E-state index contributed by atoms with van der Waals surface area (Å²) in [7, 11) is 2.13. The van der Waals surface area contributed by atoms with Crippen molar-refractivity contribution in [3.05, 3.63) is 66.3 Å². The lowest BCUT2D eigenvalue weighted by Gasteiger charge is -2.29. The van der Waals surface area contributed by atoms with E-state index in [4.69, 9.17) is 0 Å². The number of rotatable bonds is 5. The number of quaternary nitrogens is 1. The van der Waals surface area contributed by atoms with Gasteiger partial charge in [-0.25, -0.2) is 0 Å². The van der Waals surface area contributed by atoms with E-state index in [-0.39, 0.29) is 5.41 Å². The highest BCUT2D eigenvalue weighted by Crippen LogP contribution is 2.39. The highest BCUT2D eigenvalue weighted by Gasteiger charge is 2.29. The molecule has 0 heterocycles. The summed E-state index contributed by atoms with van der Waals surface area (Å²) in [5, 5.41) is 4.87. The Morgan fingerprint density at radius 3 is 2.54 bits per heavy atom. The topological polar surface area (TPSA) is 16.6 Å². The molecule has 0 atom stereocenters. The van der Waals surface area contributed by atoms with E-state index in [0.29, 0.717) is 0 Å². The first-order valence-electron chi connectivity index (χ1n) is 9.23. The summed E-state index contributed by atoms with van der Waals surface area (Å²) in [4.78, 5) is 0.